The maximum atomic E-state index is 12.1. The highest BCUT2D eigenvalue weighted by Gasteiger charge is 2.22. The Balaban J connectivity index is 1.56. The molecular weight excluding hydrogens is 306 g/mol. The van der Waals surface area contributed by atoms with Crippen LogP contribution in [0, 0.1) is 0 Å². The van der Waals surface area contributed by atoms with Gasteiger partial charge < -0.3 is 19.5 Å². The van der Waals surface area contributed by atoms with E-state index in [1.54, 1.807) is 7.11 Å². The van der Waals surface area contributed by atoms with Crippen LogP contribution in [-0.4, -0.2) is 31.8 Å². The Bertz CT molecular complexity index is 548. The lowest BCUT2D eigenvalue weighted by molar-refractivity contribution is -0.135. The second-order valence-corrected chi connectivity index (χ2v) is 6.58. The maximum absolute atomic E-state index is 12.1. The highest BCUT2D eigenvalue weighted by molar-refractivity contribution is 5.80. The summed E-state index contributed by atoms with van der Waals surface area (Å²) in [4.78, 5) is 12.1. The molecule has 1 heterocycles. The summed E-state index contributed by atoms with van der Waals surface area (Å²) in [6.07, 6.45) is 7.61. The van der Waals surface area contributed by atoms with Crippen LogP contribution in [0.25, 0.3) is 0 Å². The van der Waals surface area contributed by atoms with Crippen molar-refractivity contribution in [2.45, 2.75) is 63.7 Å². The number of amides is 1. The highest BCUT2D eigenvalue weighted by Crippen LogP contribution is 2.32. The van der Waals surface area contributed by atoms with Gasteiger partial charge in [0.25, 0.3) is 0 Å². The molecule has 1 aliphatic carbocycles. The van der Waals surface area contributed by atoms with Gasteiger partial charge in [-0.2, -0.15) is 0 Å². The molecule has 1 aromatic rings. The summed E-state index contributed by atoms with van der Waals surface area (Å²) < 4.78 is 17.0. The number of hydrogen-bond acceptors (Lipinski definition) is 4. The van der Waals surface area contributed by atoms with Crippen LogP contribution in [0.1, 0.15) is 50.5 Å². The number of ether oxygens (including phenoxy) is 3. The van der Waals surface area contributed by atoms with Crippen molar-refractivity contribution in [3.63, 3.8) is 0 Å². The molecule has 24 heavy (non-hydrogen) atoms. The Morgan fingerprint density at radius 2 is 1.96 bits per heavy atom. The molecule has 1 saturated carbocycles. The molecule has 0 bridgehead atoms. The number of benzene rings is 1. The molecule has 5 nitrogen and oxygen atoms in total. The second kappa shape index (κ2) is 8.38. The van der Waals surface area contributed by atoms with Crippen molar-refractivity contribution < 1.29 is 19.0 Å². The normalized spacial score (nSPS) is 21.5. The zero-order valence-electron chi connectivity index (χ0n) is 14.4. The predicted octanol–water partition coefficient (Wildman–Crippen LogP) is 3.20. The Hall–Kier alpha value is -1.75. The molecule has 0 aromatic heterocycles. The fourth-order valence-corrected chi connectivity index (χ4v) is 3.36. The Labute approximate surface area is 143 Å². The first-order valence-electron chi connectivity index (χ1n) is 8.99. The SMILES string of the molecule is COc1cc(CNC(=O)C2CCCCO2)ccc1OC1CCCC1. The van der Waals surface area contributed by atoms with E-state index in [4.69, 9.17) is 14.2 Å². The summed E-state index contributed by atoms with van der Waals surface area (Å²) in [6.45, 7) is 1.15. The van der Waals surface area contributed by atoms with E-state index >= 15 is 0 Å². The average Bonchev–Trinajstić information content (AvgIpc) is 3.14. The molecule has 1 atom stereocenters. The highest BCUT2D eigenvalue weighted by atomic mass is 16.5. The Morgan fingerprint density at radius 3 is 2.67 bits per heavy atom. The van der Waals surface area contributed by atoms with Crippen molar-refractivity contribution in [3.8, 4) is 11.5 Å². The fraction of sp³-hybridized carbons (Fsp3) is 0.632. The molecule has 1 aliphatic heterocycles. The molecule has 0 radical (unpaired) electrons. The monoisotopic (exact) mass is 333 g/mol. The largest absolute Gasteiger partial charge is 0.493 e. The second-order valence-electron chi connectivity index (χ2n) is 6.58. The van der Waals surface area contributed by atoms with Crippen molar-refractivity contribution in [1.82, 2.24) is 5.32 Å². The quantitative estimate of drug-likeness (QED) is 0.868. The lowest BCUT2D eigenvalue weighted by Crippen LogP contribution is -2.37. The number of rotatable bonds is 6. The molecule has 1 unspecified atom stereocenters. The summed E-state index contributed by atoms with van der Waals surface area (Å²) >= 11 is 0. The van der Waals surface area contributed by atoms with Crippen LogP contribution in [-0.2, 0) is 16.1 Å². The maximum Gasteiger partial charge on any atom is 0.249 e. The molecule has 1 aromatic carbocycles. The third kappa shape index (κ3) is 4.41. The van der Waals surface area contributed by atoms with Crippen LogP contribution in [0.3, 0.4) is 0 Å². The van der Waals surface area contributed by atoms with Crippen LogP contribution in [0.4, 0.5) is 0 Å². The standard InChI is InChI=1S/C19H27NO4/c1-22-18-12-14(9-10-16(18)24-15-6-2-3-7-15)13-20-19(21)17-8-4-5-11-23-17/h9-10,12,15,17H,2-8,11,13H2,1H3,(H,20,21). The van der Waals surface area contributed by atoms with Gasteiger partial charge in [0.1, 0.15) is 6.10 Å². The molecule has 1 saturated heterocycles. The summed E-state index contributed by atoms with van der Waals surface area (Å²) in [5.74, 6) is 1.48. The van der Waals surface area contributed by atoms with Crippen molar-refractivity contribution in [2.24, 2.45) is 0 Å². The molecule has 3 rings (SSSR count). The van der Waals surface area contributed by atoms with Crippen LogP contribution >= 0.6 is 0 Å². The Kier molecular flexibility index (Phi) is 5.96. The van der Waals surface area contributed by atoms with E-state index in [9.17, 15) is 4.79 Å². The lowest BCUT2D eigenvalue weighted by atomic mass is 10.1. The van der Waals surface area contributed by atoms with Gasteiger partial charge in [-0.1, -0.05) is 6.07 Å². The molecule has 2 aliphatic rings. The van der Waals surface area contributed by atoms with Crippen LogP contribution < -0.4 is 14.8 Å². The predicted molar refractivity (Wildman–Crippen MR) is 91.3 cm³/mol. The lowest BCUT2D eigenvalue weighted by Gasteiger charge is -2.22. The van der Waals surface area contributed by atoms with Crippen LogP contribution in [0.15, 0.2) is 18.2 Å². The summed E-state index contributed by atoms with van der Waals surface area (Å²) in [5, 5.41) is 2.95. The van der Waals surface area contributed by atoms with E-state index in [1.807, 2.05) is 18.2 Å². The number of hydrogen-bond donors (Lipinski definition) is 1. The average molecular weight is 333 g/mol. The van der Waals surface area contributed by atoms with E-state index < -0.39 is 0 Å². The third-order valence-corrected chi connectivity index (χ3v) is 4.76. The molecular formula is C19H27NO4. The van der Waals surface area contributed by atoms with Crippen molar-refractivity contribution in [3.05, 3.63) is 23.8 Å². The topological polar surface area (TPSA) is 56.8 Å². The van der Waals surface area contributed by atoms with Crippen molar-refractivity contribution in [1.29, 1.82) is 0 Å². The van der Waals surface area contributed by atoms with Gasteiger partial charge in [-0.05, 0) is 62.6 Å². The molecule has 2 fully saturated rings. The minimum atomic E-state index is -0.300. The minimum absolute atomic E-state index is 0.0278. The molecule has 1 amide bonds. The number of carbonyl (C=O) groups excluding carboxylic acids is 1. The van der Waals surface area contributed by atoms with E-state index in [2.05, 4.69) is 5.32 Å². The molecule has 132 valence electrons. The molecule has 1 N–H and O–H groups in total. The third-order valence-electron chi connectivity index (χ3n) is 4.76. The van der Waals surface area contributed by atoms with E-state index in [0.29, 0.717) is 19.3 Å². The Morgan fingerprint density at radius 1 is 1.17 bits per heavy atom. The molecule has 5 heteroatoms. The van der Waals surface area contributed by atoms with Gasteiger partial charge >= 0.3 is 0 Å². The zero-order chi connectivity index (χ0) is 16.8. The van der Waals surface area contributed by atoms with Gasteiger partial charge in [-0.3, -0.25) is 4.79 Å². The fourth-order valence-electron chi connectivity index (χ4n) is 3.36. The zero-order valence-corrected chi connectivity index (χ0v) is 14.4. The number of carbonyl (C=O) groups is 1. The first kappa shape index (κ1) is 17.1. The van der Waals surface area contributed by atoms with Gasteiger partial charge in [0.15, 0.2) is 11.5 Å². The van der Waals surface area contributed by atoms with Crippen LogP contribution in [0.5, 0.6) is 11.5 Å². The summed E-state index contributed by atoms with van der Waals surface area (Å²) in [7, 11) is 1.65. The van der Waals surface area contributed by atoms with Gasteiger partial charge in [0.2, 0.25) is 5.91 Å². The van der Waals surface area contributed by atoms with Crippen molar-refractivity contribution in [2.75, 3.05) is 13.7 Å². The van der Waals surface area contributed by atoms with Crippen LogP contribution in [0.2, 0.25) is 0 Å². The molecule has 0 spiro atoms. The first-order valence-corrected chi connectivity index (χ1v) is 8.99. The van der Waals surface area contributed by atoms with E-state index in [1.165, 1.54) is 12.8 Å². The van der Waals surface area contributed by atoms with Gasteiger partial charge in [0.05, 0.1) is 13.2 Å². The van der Waals surface area contributed by atoms with Gasteiger partial charge in [-0.25, -0.2) is 0 Å². The summed E-state index contributed by atoms with van der Waals surface area (Å²) in [5.41, 5.74) is 0.995. The smallest absolute Gasteiger partial charge is 0.249 e. The number of nitrogens with one attached hydrogen (secondary N) is 1. The van der Waals surface area contributed by atoms with Gasteiger partial charge in [-0.15, -0.1) is 0 Å². The minimum Gasteiger partial charge on any atom is -0.493 e. The van der Waals surface area contributed by atoms with Crippen molar-refractivity contribution >= 4 is 5.91 Å². The first-order chi connectivity index (χ1) is 11.8. The van der Waals surface area contributed by atoms with E-state index in [0.717, 1.165) is 49.2 Å². The number of methoxy groups -OCH3 is 1. The van der Waals surface area contributed by atoms with Gasteiger partial charge in [0, 0.05) is 13.2 Å². The summed E-state index contributed by atoms with van der Waals surface area (Å²) in [6, 6.07) is 5.86. The van der Waals surface area contributed by atoms with E-state index in [-0.39, 0.29) is 12.0 Å².